The Labute approximate surface area is 126 Å². The topological polar surface area (TPSA) is 102 Å². The van der Waals surface area contributed by atoms with Gasteiger partial charge in [0.1, 0.15) is 5.84 Å². The van der Waals surface area contributed by atoms with Crippen LogP contribution in [0.25, 0.3) is 5.57 Å². The number of nitrogens with zero attached hydrogens (tertiary/aromatic N) is 1. The molecule has 0 bridgehead atoms. The van der Waals surface area contributed by atoms with Crippen molar-refractivity contribution in [2.24, 2.45) is 22.2 Å². The number of anilines is 1. The first-order valence-electron chi connectivity index (χ1n) is 7.26. The zero-order valence-corrected chi connectivity index (χ0v) is 12.8. The van der Waals surface area contributed by atoms with Gasteiger partial charge in [-0.05, 0) is 47.9 Å². The lowest BCUT2D eigenvalue weighted by atomic mass is 9.76. The maximum absolute atomic E-state index is 6.15. The number of hydrogen-bond acceptors (Lipinski definition) is 4. The quantitative estimate of drug-likeness (QED) is 0.225. The van der Waals surface area contributed by atoms with Crippen LogP contribution >= 0.6 is 0 Å². The van der Waals surface area contributed by atoms with Gasteiger partial charge >= 0.3 is 0 Å². The van der Waals surface area contributed by atoms with Crippen LogP contribution in [-0.4, -0.2) is 5.84 Å². The van der Waals surface area contributed by atoms with Gasteiger partial charge < -0.3 is 17.0 Å². The van der Waals surface area contributed by atoms with Gasteiger partial charge in [0.25, 0.3) is 0 Å². The number of hydrazine groups is 1. The third kappa shape index (κ3) is 3.76. The van der Waals surface area contributed by atoms with E-state index in [4.69, 9.17) is 17.4 Å². The lowest BCUT2D eigenvalue weighted by Crippen LogP contribution is -2.32. The summed E-state index contributed by atoms with van der Waals surface area (Å²) in [4.78, 5) is 0. The number of hydrogen-bond donors (Lipinski definition) is 4. The summed E-state index contributed by atoms with van der Waals surface area (Å²) in [5, 5.41) is 3.62. The molecule has 0 saturated carbocycles. The molecule has 0 atom stereocenters. The average molecular weight is 287 g/mol. The predicted molar refractivity (Wildman–Crippen MR) is 89.1 cm³/mol. The molecular weight excluding hydrogens is 262 g/mol. The summed E-state index contributed by atoms with van der Waals surface area (Å²) in [7, 11) is 0. The molecule has 2 rings (SSSR count). The number of amidine groups is 1. The Bertz CT molecular complexity index is 572. The lowest BCUT2D eigenvalue weighted by molar-refractivity contribution is 0.335. The van der Waals surface area contributed by atoms with Crippen molar-refractivity contribution in [3.8, 4) is 0 Å². The van der Waals surface area contributed by atoms with Gasteiger partial charge in [-0.25, -0.2) is 5.84 Å². The molecule has 7 N–H and O–H groups in total. The summed E-state index contributed by atoms with van der Waals surface area (Å²) >= 11 is 0. The zero-order chi connectivity index (χ0) is 15.5. The molecular formula is C16H25N5. The second kappa shape index (κ2) is 6.18. The zero-order valence-electron chi connectivity index (χ0n) is 12.8. The van der Waals surface area contributed by atoms with Gasteiger partial charge in [0.15, 0.2) is 0 Å². The van der Waals surface area contributed by atoms with E-state index >= 15 is 0 Å². The number of hydrazone groups is 1. The van der Waals surface area contributed by atoms with Crippen LogP contribution in [0.1, 0.15) is 44.2 Å². The average Bonchev–Trinajstić information content (AvgIpc) is 2.47. The van der Waals surface area contributed by atoms with E-state index in [0.717, 1.165) is 29.7 Å². The van der Waals surface area contributed by atoms with Crippen LogP contribution in [0.2, 0.25) is 0 Å². The smallest absolute Gasteiger partial charge is 0.140 e. The Hall–Kier alpha value is -2.01. The molecule has 0 heterocycles. The van der Waals surface area contributed by atoms with Crippen molar-refractivity contribution in [3.05, 3.63) is 35.4 Å². The largest absolute Gasteiger partial charge is 0.398 e. The summed E-state index contributed by atoms with van der Waals surface area (Å²) in [5.41, 5.74) is 13.4. The molecule has 0 saturated heterocycles. The Morgan fingerprint density at radius 1 is 1.38 bits per heavy atom. The number of allylic oxidation sites excluding steroid dienone is 2. The maximum Gasteiger partial charge on any atom is 0.140 e. The first kappa shape index (κ1) is 15.4. The van der Waals surface area contributed by atoms with E-state index in [9.17, 15) is 0 Å². The minimum atomic E-state index is 0.388. The summed E-state index contributed by atoms with van der Waals surface area (Å²) in [6.07, 6.45) is 6.22. The second-order valence-electron chi connectivity index (χ2n) is 6.42. The maximum atomic E-state index is 6.15. The molecule has 21 heavy (non-hydrogen) atoms. The lowest BCUT2D eigenvalue weighted by Gasteiger charge is -2.29. The highest BCUT2D eigenvalue weighted by Crippen LogP contribution is 2.39. The molecule has 1 aromatic rings. The van der Waals surface area contributed by atoms with Gasteiger partial charge in [0, 0.05) is 17.7 Å². The normalized spacial score (nSPS) is 18.2. The van der Waals surface area contributed by atoms with E-state index in [0.29, 0.717) is 17.7 Å². The summed E-state index contributed by atoms with van der Waals surface area (Å²) in [6, 6.07) is 6.03. The van der Waals surface area contributed by atoms with Crippen molar-refractivity contribution >= 4 is 17.1 Å². The fourth-order valence-electron chi connectivity index (χ4n) is 2.64. The van der Waals surface area contributed by atoms with Crippen LogP contribution in [-0.2, 0) is 6.42 Å². The van der Waals surface area contributed by atoms with E-state index in [1.807, 2.05) is 12.1 Å². The van der Waals surface area contributed by atoms with Crippen molar-refractivity contribution in [2.75, 3.05) is 5.73 Å². The highest BCUT2D eigenvalue weighted by atomic mass is 15.3. The van der Waals surface area contributed by atoms with Crippen molar-refractivity contribution in [2.45, 2.75) is 39.5 Å². The molecule has 0 aliphatic heterocycles. The van der Waals surface area contributed by atoms with E-state index < -0.39 is 0 Å². The van der Waals surface area contributed by atoms with Crippen LogP contribution in [0.4, 0.5) is 5.69 Å². The fourth-order valence-corrected chi connectivity index (χ4v) is 2.64. The summed E-state index contributed by atoms with van der Waals surface area (Å²) in [5.74, 6) is 11.2. The number of nitrogens with one attached hydrogen (secondary N) is 1. The van der Waals surface area contributed by atoms with Crippen LogP contribution < -0.4 is 22.8 Å². The number of rotatable bonds is 3. The third-order valence-corrected chi connectivity index (χ3v) is 4.13. The van der Waals surface area contributed by atoms with E-state index in [1.54, 1.807) is 0 Å². The molecule has 1 aliphatic carbocycles. The van der Waals surface area contributed by atoms with Gasteiger partial charge in [0.05, 0.1) is 0 Å². The van der Waals surface area contributed by atoms with Crippen molar-refractivity contribution < 1.29 is 0 Å². The molecule has 0 radical (unpaired) electrons. The van der Waals surface area contributed by atoms with Crippen molar-refractivity contribution in [1.82, 2.24) is 5.43 Å². The molecule has 0 aromatic heterocycles. The van der Waals surface area contributed by atoms with Gasteiger partial charge in [-0.1, -0.05) is 26.0 Å². The van der Waals surface area contributed by atoms with Gasteiger partial charge in [0.2, 0.25) is 0 Å². The predicted octanol–water partition coefficient (Wildman–Crippen LogP) is 2.14. The Morgan fingerprint density at radius 2 is 2.14 bits per heavy atom. The Morgan fingerprint density at radius 3 is 2.71 bits per heavy atom. The molecule has 0 spiro atoms. The SMILES string of the molecule is CC1(C)CC=C(c2cc(C/C(=N/N)NN)ccc2N)CC1. The van der Waals surface area contributed by atoms with Gasteiger partial charge in [-0.15, -0.1) is 0 Å². The molecule has 1 aliphatic rings. The number of nitrogen functional groups attached to an aromatic ring is 1. The van der Waals surface area contributed by atoms with Crippen LogP contribution in [0.5, 0.6) is 0 Å². The molecule has 0 unspecified atom stereocenters. The van der Waals surface area contributed by atoms with Crippen LogP contribution in [0.3, 0.4) is 0 Å². The summed E-state index contributed by atoms with van der Waals surface area (Å²) < 4.78 is 0. The van der Waals surface area contributed by atoms with Crippen LogP contribution in [0.15, 0.2) is 29.4 Å². The minimum Gasteiger partial charge on any atom is -0.398 e. The second-order valence-corrected chi connectivity index (χ2v) is 6.42. The van der Waals surface area contributed by atoms with Crippen molar-refractivity contribution in [1.29, 1.82) is 0 Å². The molecule has 5 nitrogen and oxygen atoms in total. The molecule has 0 amide bonds. The van der Waals surface area contributed by atoms with E-state index in [2.05, 4.69) is 36.5 Å². The van der Waals surface area contributed by atoms with Gasteiger partial charge in [-0.2, -0.15) is 5.10 Å². The summed E-state index contributed by atoms with van der Waals surface area (Å²) in [6.45, 7) is 4.61. The van der Waals surface area contributed by atoms with Crippen LogP contribution in [0, 0.1) is 5.41 Å². The fraction of sp³-hybridized carbons (Fsp3) is 0.438. The monoisotopic (exact) mass is 287 g/mol. The molecule has 0 fully saturated rings. The molecule has 1 aromatic carbocycles. The first-order valence-corrected chi connectivity index (χ1v) is 7.26. The standard InChI is InChI=1S/C16H25N5/c1-16(2)7-5-12(6-8-16)13-9-11(3-4-14(13)17)10-15(20-18)21-19/h3-5,9H,6-8,10,17-19H2,1-2H3,(H,20,21). The van der Waals surface area contributed by atoms with Gasteiger partial charge in [-0.3, -0.25) is 0 Å². The minimum absolute atomic E-state index is 0.388. The van der Waals surface area contributed by atoms with E-state index in [-0.39, 0.29) is 0 Å². The highest BCUT2D eigenvalue weighted by molar-refractivity contribution is 5.84. The Kier molecular flexibility index (Phi) is 4.53. The Balaban J connectivity index is 2.26. The molecule has 5 heteroatoms. The third-order valence-electron chi connectivity index (χ3n) is 4.13. The molecule has 114 valence electrons. The first-order chi connectivity index (χ1) is 9.95. The highest BCUT2D eigenvalue weighted by Gasteiger charge is 2.22. The van der Waals surface area contributed by atoms with Crippen molar-refractivity contribution in [3.63, 3.8) is 0 Å². The van der Waals surface area contributed by atoms with E-state index in [1.165, 1.54) is 12.0 Å². The number of nitrogens with two attached hydrogens (primary N) is 3. The number of benzene rings is 1.